The first-order valence-electron chi connectivity index (χ1n) is 7.25. The molecule has 6 heteroatoms. The number of nitrogens with one attached hydrogen (secondary N) is 1. The summed E-state index contributed by atoms with van der Waals surface area (Å²) in [5.41, 5.74) is 3.12. The number of rotatable bonds is 4. The molecule has 2 aromatic heterocycles. The second kappa shape index (κ2) is 6.30. The van der Waals surface area contributed by atoms with Gasteiger partial charge in [0.05, 0.1) is 23.5 Å². The summed E-state index contributed by atoms with van der Waals surface area (Å²) < 4.78 is 7.07. The number of nitrogens with zero attached hydrogens (tertiary/aromatic N) is 2. The lowest BCUT2D eigenvalue weighted by Gasteiger charge is -2.13. The molecule has 0 aliphatic heterocycles. The molecule has 0 unspecified atom stereocenters. The van der Waals surface area contributed by atoms with Gasteiger partial charge < -0.3 is 4.74 Å². The highest BCUT2D eigenvalue weighted by Crippen LogP contribution is 2.27. The van der Waals surface area contributed by atoms with E-state index in [0.29, 0.717) is 11.6 Å². The molecule has 23 heavy (non-hydrogen) atoms. The average molecular weight is 330 g/mol. The number of aromatic nitrogens is 3. The third-order valence-corrected chi connectivity index (χ3v) is 3.86. The van der Waals surface area contributed by atoms with Crippen LogP contribution in [-0.4, -0.2) is 21.4 Å². The van der Waals surface area contributed by atoms with Gasteiger partial charge in [-0.3, -0.25) is 14.5 Å². The van der Waals surface area contributed by atoms with Gasteiger partial charge in [-0.15, -0.1) is 0 Å². The van der Waals surface area contributed by atoms with E-state index in [9.17, 15) is 4.79 Å². The predicted molar refractivity (Wildman–Crippen MR) is 90.5 cm³/mol. The molecule has 0 fully saturated rings. The first kappa shape index (κ1) is 15.4. The Kier molecular flexibility index (Phi) is 4.21. The summed E-state index contributed by atoms with van der Waals surface area (Å²) in [5, 5.41) is 7.08. The maximum atomic E-state index is 12.3. The smallest absolute Gasteiger partial charge is 0.256 e. The first-order chi connectivity index (χ1) is 11.1. The van der Waals surface area contributed by atoms with Crippen LogP contribution in [-0.2, 0) is 0 Å². The number of aryl methyl sites for hydroxylation is 1. The molecule has 3 aromatic rings. The summed E-state index contributed by atoms with van der Waals surface area (Å²) >= 11 is 6.21. The lowest BCUT2D eigenvalue weighted by atomic mass is 10.1. The van der Waals surface area contributed by atoms with Crippen molar-refractivity contribution in [2.24, 2.45) is 0 Å². The molecule has 1 aromatic carbocycles. The van der Waals surface area contributed by atoms with Crippen LogP contribution < -0.4 is 10.3 Å². The molecule has 118 valence electrons. The van der Waals surface area contributed by atoms with E-state index >= 15 is 0 Å². The third kappa shape index (κ3) is 3.00. The van der Waals surface area contributed by atoms with E-state index < -0.39 is 0 Å². The molecular weight excluding hydrogens is 314 g/mol. The van der Waals surface area contributed by atoms with Crippen LogP contribution in [0.5, 0.6) is 5.75 Å². The number of pyridine rings is 1. The van der Waals surface area contributed by atoms with Crippen molar-refractivity contribution in [3.63, 3.8) is 0 Å². The van der Waals surface area contributed by atoms with Gasteiger partial charge >= 0.3 is 0 Å². The zero-order valence-corrected chi connectivity index (χ0v) is 13.6. The van der Waals surface area contributed by atoms with Crippen molar-refractivity contribution in [2.75, 3.05) is 6.61 Å². The predicted octanol–water partition coefficient (Wildman–Crippen LogP) is 3.59. The zero-order valence-electron chi connectivity index (χ0n) is 12.8. The highest BCUT2D eigenvalue weighted by molar-refractivity contribution is 6.33. The van der Waals surface area contributed by atoms with Gasteiger partial charge in [-0.2, -0.15) is 5.10 Å². The molecule has 0 saturated heterocycles. The number of H-pyrrole nitrogens is 1. The van der Waals surface area contributed by atoms with Crippen molar-refractivity contribution < 1.29 is 4.74 Å². The summed E-state index contributed by atoms with van der Waals surface area (Å²) in [7, 11) is 0. The Morgan fingerprint density at radius 3 is 2.83 bits per heavy atom. The fraction of sp³-hybridized carbons (Fsp3) is 0.176. The second-order valence-corrected chi connectivity index (χ2v) is 5.52. The van der Waals surface area contributed by atoms with E-state index in [0.717, 1.165) is 28.1 Å². The topological polar surface area (TPSA) is 59.9 Å². The van der Waals surface area contributed by atoms with Crippen LogP contribution in [0.4, 0.5) is 0 Å². The minimum Gasteiger partial charge on any atom is -0.494 e. The van der Waals surface area contributed by atoms with Crippen molar-refractivity contribution in [1.82, 2.24) is 14.8 Å². The summed E-state index contributed by atoms with van der Waals surface area (Å²) in [5.74, 6) is 0.783. The van der Waals surface area contributed by atoms with Gasteiger partial charge in [-0.25, -0.2) is 0 Å². The number of aromatic amines is 1. The first-order valence-corrected chi connectivity index (χ1v) is 7.63. The van der Waals surface area contributed by atoms with E-state index in [2.05, 4.69) is 10.2 Å². The van der Waals surface area contributed by atoms with Gasteiger partial charge in [-0.1, -0.05) is 11.6 Å². The van der Waals surface area contributed by atoms with Crippen LogP contribution >= 0.6 is 11.6 Å². The van der Waals surface area contributed by atoms with E-state index in [4.69, 9.17) is 16.3 Å². The van der Waals surface area contributed by atoms with Crippen LogP contribution in [0.3, 0.4) is 0 Å². The van der Waals surface area contributed by atoms with E-state index in [1.807, 2.05) is 32.0 Å². The molecule has 2 heterocycles. The Bertz CT molecular complexity index is 885. The van der Waals surface area contributed by atoms with Crippen LogP contribution in [0, 0.1) is 6.92 Å². The van der Waals surface area contributed by atoms with Crippen LogP contribution in [0.15, 0.2) is 47.7 Å². The molecular formula is C17H16ClN3O2. The van der Waals surface area contributed by atoms with E-state index in [-0.39, 0.29) is 5.56 Å². The van der Waals surface area contributed by atoms with Crippen molar-refractivity contribution in [3.8, 4) is 22.6 Å². The molecule has 5 nitrogen and oxygen atoms in total. The molecule has 1 N–H and O–H groups in total. The van der Waals surface area contributed by atoms with Crippen LogP contribution in [0.1, 0.15) is 12.5 Å². The Morgan fingerprint density at radius 1 is 1.35 bits per heavy atom. The van der Waals surface area contributed by atoms with E-state index in [1.54, 1.807) is 23.2 Å². The van der Waals surface area contributed by atoms with Crippen LogP contribution in [0.2, 0.25) is 5.02 Å². The Morgan fingerprint density at radius 2 is 2.17 bits per heavy atom. The summed E-state index contributed by atoms with van der Waals surface area (Å²) in [6, 6.07) is 7.05. The van der Waals surface area contributed by atoms with Gasteiger partial charge in [0, 0.05) is 29.6 Å². The lowest BCUT2D eigenvalue weighted by molar-refractivity contribution is 0.340. The van der Waals surface area contributed by atoms with Gasteiger partial charge in [0.1, 0.15) is 5.75 Å². The normalized spacial score (nSPS) is 10.7. The number of hydrogen-bond acceptors (Lipinski definition) is 3. The summed E-state index contributed by atoms with van der Waals surface area (Å²) in [6.45, 7) is 4.48. The second-order valence-electron chi connectivity index (χ2n) is 5.11. The highest BCUT2D eigenvalue weighted by Gasteiger charge is 2.11. The van der Waals surface area contributed by atoms with Gasteiger partial charge in [-0.05, 0) is 37.6 Å². The maximum Gasteiger partial charge on any atom is 0.256 e. The van der Waals surface area contributed by atoms with Crippen molar-refractivity contribution >= 4 is 11.6 Å². The standard InChI is InChI=1S/C17H16ClN3O2/c1-3-23-13-4-5-16(11(2)6-13)21-10-14(12-8-19-20-9-12)15(18)7-17(21)22/h4-10H,3H2,1-2H3,(H,19,20). The summed E-state index contributed by atoms with van der Waals surface area (Å²) in [6.07, 6.45) is 5.14. The monoisotopic (exact) mass is 329 g/mol. The molecule has 0 saturated carbocycles. The quantitative estimate of drug-likeness (QED) is 0.795. The maximum absolute atomic E-state index is 12.3. The van der Waals surface area contributed by atoms with Crippen LogP contribution in [0.25, 0.3) is 16.8 Å². The Labute approximate surface area is 138 Å². The van der Waals surface area contributed by atoms with Crippen molar-refractivity contribution in [3.05, 3.63) is 63.8 Å². The Hall–Kier alpha value is -2.53. The lowest BCUT2D eigenvalue weighted by Crippen LogP contribution is -2.18. The zero-order chi connectivity index (χ0) is 16.4. The SMILES string of the molecule is CCOc1ccc(-n2cc(-c3cn[nH]c3)c(Cl)cc2=O)c(C)c1. The van der Waals surface area contributed by atoms with Crippen molar-refractivity contribution in [1.29, 1.82) is 0 Å². The largest absolute Gasteiger partial charge is 0.494 e. The molecule has 0 bridgehead atoms. The summed E-state index contributed by atoms with van der Waals surface area (Å²) in [4.78, 5) is 12.3. The molecule has 0 amide bonds. The number of ether oxygens (including phenoxy) is 1. The van der Waals surface area contributed by atoms with Gasteiger partial charge in [0.2, 0.25) is 0 Å². The third-order valence-electron chi connectivity index (χ3n) is 3.55. The fourth-order valence-corrected chi connectivity index (χ4v) is 2.71. The molecule has 0 spiro atoms. The van der Waals surface area contributed by atoms with Crippen molar-refractivity contribution in [2.45, 2.75) is 13.8 Å². The Balaban J connectivity index is 2.13. The molecule has 0 aliphatic carbocycles. The molecule has 3 rings (SSSR count). The number of benzene rings is 1. The highest BCUT2D eigenvalue weighted by atomic mass is 35.5. The fourth-order valence-electron chi connectivity index (χ4n) is 2.46. The molecule has 0 atom stereocenters. The van der Waals surface area contributed by atoms with E-state index in [1.165, 1.54) is 6.07 Å². The number of hydrogen-bond donors (Lipinski definition) is 1. The molecule has 0 radical (unpaired) electrons. The minimum absolute atomic E-state index is 0.186. The van der Waals surface area contributed by atoms with Gasteiger partial charge in [0.25, 0.3) is 5.56 Å². The van der Waals surface area contributed by atoms with Gasteiger partial charge in [0.15, 0.2) is 0 Å². The minimum atomic E-state index is -0.186. The average Bonchev–Trinajstić information content (AvgIpc) is 3.03. The number of halogens is 1. The molecule has 0 aliphatic rings.